The third-order valence-electron chi connectivity index (χ3n) is 4.06. The Kier molecular flexibility index (Phi) is 6.59. The van der Waals surface area contributed by atoms with E-state index < -0.39 is 6.04 Å². The third kappa shape index (κ3) is 5.67. The lowest BCUT2D eigenvalue weighted by Gasteiger charge is -2.22. The van der Waals surface area contributed by atoms with E-state index in [9.17, 15) is 9.59 Å². The summed E-state index contributed by atoms with van der Waals surface area (Å²) in [6.45, 7) is 5.95. The molecule has 0 aromatic heterocycles. The van der Waals surface area contributed by atoms with E-state index in [1.165, 1.54) is 0 Å². The van der Waals surface area contributed by atoms with Gasteiger partial charge in [-0.3, -0.25) is 9.59 Å². The molecule has 1 fully saturated rings. The van der Waals surface area contributed by atoms with Gasteiger partial charge in [0.1, 0.15) is 6.04 Å². The lowest BCUT2D eigenvalue weighted by Crippen LogP contribution is -2.50. The van der Waals surface area contributed by atoms with Gasteiger partial charge in [0.2, 0.25) is 11.8 Å². The zero-order valence-electron chi connectivity index (χ0n) is 13.9. The summed E-state index contributed by atoms with van der Waals surface area (Å²) in [5.41, 5.74) is 0.941. The minimum Gasteiger partial charge on any atom is -0.381 e. The minimum atomic E-state index is -0.506. The van der Waals surface area contributed by atoms with Crippen molar-refractivity contribution < 1.29 is 14.3 Å². The normalized spacial score (nSPS) is 18.7. The first-order valence-electron chi connectivity index (χ1n) is 8.25. The second-order valence-corrected chi connectivity index (χ2v) is 6.43. The maximum absolute atomic E-state index is 12.4. The number of hydrogen-bond donors (Lipinski definition) is 2. The largest absolute Gasteiger partial charge is 0.381 e. The summed E-state index contributed by atoms with van der Waals surface area (Å²) in [5, 5.41) is 5.80. The Morgan fingerprint density at radius 3 is 2.61 bits per heavy atom. The van der Waals surface area contributed by atoms with E-state index in [0.717, 1.165) is 18.6 Å². The highest BCUT2D eigenvalue weighted by Gasteiger charge is 2.25. The van der Waals surface area contributed by atoms with Gasteiger partial charge in [0.05, 0.1) is 13.0 Å². The van der Waals surface area contributed by atoms with Crippen LogP contribution in [0.3, 0.4) is 0 Å². The first-order valence-corrected chi connectivity index (χ1v) is 8.25. The molecule has 1 aromatic carbocycles. The smallest absolute Gasteiger partial charge is 0.242 e. The Hall–Kier alpha value is -1.88. The zero-order chi connectivity index (χ0) is 16.7. The van der Waals surface area contributed by atoms with Crippen LogP contribution in [0.15, 0.2) is 30.3 Å². The predicted molar refractivity (Wildman–Crippen MR) is 88.9 cm³/mol. The van der Waals surface area contributed by atoms with Crippen LogP contribution < -0.4 is 10.6 Å². The molecule has 1 aliphatic heterocycles. The molecule has 1 saturated heterocycles. The maximum Gasteiger partial charge on any atom is 0.242 e. The fourth-order valence-corrected chi connectivity index (χ4v) is 2.64. The third-order valence-corrected chi connectivity index (χ3v) is 4.06. The highest BCUT2D eigenvalue weighted by molar-refractivity contribution is 5.88. The van der Waals surface area contributed by atoms with Gasteiger partial charge in [-0.25, -0.2) is 0 Å². The molecule has 0 aliphatic carbocycles. The first kappa shape index (κ1) is 17.5. The van der Waals surface area contributed by atoms with Crippen molar-refractivity contribution in [2.45, 2.75) is 32.7 Å². The molecule has 0 unspecified atom stereocenters. The molecule has 2 amide bonds. The van der Waals surface area contributed by atoms with Gasteiger partial charge in [0, 0.05) is 19.1 Å². The van der Waals surface area contributed by atoms with Crippen LogP contribution in [0, 0.1) is 11.8 Å². The molecule has 126 valence electrons. The molecule has 0 spiro atoms. The number of benzene rings is 1. The molecule has 1 heterocycles. The second kappa shape index (κ2) is 8.67. The average molecular weight is 318 g/mol. The van der Waals surface area contributed by atoms with Crippen molar-refractivity contribution in [3.8, 4) is 0 Å². The fraction of sp³-hybridized carbons (Fsp3) is 0.556. The number of amides is 2. The number of rotatable bonds is 7. The number of carbonyl (C=O) groups excluding carboxylic acids is 2. The summed E-state index contributed by atoms with van der Waals surface area (Å²) < 4.78 is 5.31. The predicted octanol–water partition coefficient (Wildman–Crippen LogP) is 1.52. The molecule has 1 aromatic rings. The van der Waals surface area contributed by atoms with Gasteiger partial charge in [-0.15, -0.1) is 0 Å². The number of nitrogens with one attached hydrogen (secondary N) is 2. The zero-order valence-corrected chi connectivity index (χ0v) is 13.9. The van der Waals surface area contributed by atoms with Gasteiger partial charge in [0.15, 0.2) is 0 Å². The molecule has 23 heavy (non-hydrogen) atoms. The van der Waals surface area contributed by atoms with Crippen LogP contribution in [-0.2, 0) is 20.7 Å². The number of carbonyl (C=O) groups is 2. The Labute approximate surface area is 137 Å². The van der Waals surface area contributed by atoms with E-state index in [2.05, 4.69) is 10.6 Å². The average Bonchev–Trinajstić information content (AvgIpc) is 3.04. The van der Waals surface area contributed by atoms with Crippen LogP contribution in [0.5, 0.6) is 0 Å². The molecule has 0 bridgehead atoms. The molecular formula is C18H26N2O3. The topological polar surface area (TPSA) is 67.4 Å². The van der Waals surface area contributed by atoms with Gasteiger partial charge in [-0.2, -0.15) is 0 Å². The van der Waals surface area contributed by atoms with Crippen LogP contribution in [0.25, 0.3) is 0 Å². The van der Waals surface area contributed by atoms with Gasteiger partial charge < -0.3 is 15.4 Å². The Bertz CT molecular complexity index is 510. The van der Waals surface area contributed by atoms with Crippen molar-refractivity contribution in [3.63, 3.8) is 0 Å². The van der Waals surface area contributed by atoms with Crippen LogP contribution in [0.1, 0.15) is 25.8 Å². The lowest BCUT2D eigenvalue weighted by atomic mass is 10.0. The van der Waals surface area contributed by atoms with Crippen LogP contribution in [0.4, 0.5) is 0 Å². The SMILES string of the molecule is CC(C)[C@@H](NC(=O)Cc1ccccc1)C(=O)NC[C@H]1CCOC1. The second-order valence-electron chi connectivity index (χ2n) is 6.43. The van der Waals surface area contributed by atoms with Gasteiger partial charge in [-0.05, 0) is 17.9 Å². The molecule has 2 atom stereocenters. The molecule has 1 aliphatic rings. The van der Waals surface area contributed by atoms with Crippen LogP contribution in [-0.4, -0.2) is 37.6 Å². The van der Waals surface area contributed by atoms with Crippen molar-refractivity contribution in [2.24, 2.45) is 11.8 Å². The first-order chi connectivity index (χ1) is 11.1. The molecular weight excluding hydrogens is 292 g/mol. The van der Waals surface area contributed by atoms with Crippen molar-refractivity contribution in [3.05, 3.63) is 35.9 Å². The van der Waals surface area contributed by atoms with E-state index in [1.807, 2.05) is 44.2 Å². The monoisotopic (exact) mass is 318 g/mol. The van der Waals surface area contributed by atoms with E-state index >= 15 is 0 Å². The van der Waals surface area contributed by atoms with E-state index in [4.69, 9.17) is 4.74 Å². The standard InChI is InChI=1S/C18H26N2O3/c1-13(2)17(18(22)19-11-15-8-9-23-12-15)20-16(21)10-14-6-4-3-5-7-14/h3-7,13,15,17H,8-12H2,1-2H3,(H,19,22)(H,20,21)/t15-,17-/m1/s1. The highest BCUT2D eigenvalue weighted by Crippen LogP contribution is 2.11. The van der Waals surface area contributed by atoms with E-state index in [1.54, 1.807) is 0 Å². The Morgan fingerprint density at radius 1 is 1.26 bits per heavy atom. The molecule has 5 nitrogen and oxygen atoms in total. The molecule has 2 N–H and O–H groups in total. The van der Waals surface area contributed by atoms with Crippen molar-refractivity contribution in [2.75, 3.05) is 19.8 Å². The van der Waals surface area contributed by atoms with E-state index in [-0.39, 0.29) is 24.2 Å². The molecule has 5 heteroatoms. The van der Waals surface area contributed by atoms with E-state index in [0.29, 0.717) is 19.1 Å². The van der Waals surface area contributed by atoms with Crippen LogP contribution >= 0.6 is 0 Å². The van der Waals surface area contributed by atoms with Gasteiger partial charge in [-0.1, -0.05) is 44.2 Å². The summed E-state index contributed by atoms with van der Waals surface area (Å²) in [4.78, 5) is 24.5. The fourth-order valence-electron chi connectivity index (χ4n) is 2.64. The van der Waals surface area contributed by atoms with Gasteiger partial charge >= 0.3 is 0 Å². The summed E-state index contributed by atoms with van der Waals surface area (Å²) in [6.07, 6.45) is 1.26. The van der Waals surface area contributed by atoms with Crippen molar-refractivity contribution in [1.29, 1.82) is 0 Å². The molecule has 0 radical (unpaired) electrons. The highest BCUT2D eigenvalue weighted by atomic mass is 16.5. The van der Waals surface area contributed by atoms with Crippen molar-refractivity contribution >= 4 is 11.8 Å². The number of hydrogen-bond acceptors (Lipinski definition) is 3. The molecule has 0 saturated carbocycles. The Morgan fingerprint density at radius 2 is 2.00 bits per heavy atom. The maximum atomic E-state index is 12.4. The van der Waals surface area contributed by atoms with Gasteiger partial charge in [0.25, 0.3) is 0 Å². The summed E-state index contributed by atoms with van der Waals surface area (Å²) in [6, 6.07) is 9.03. The summed E-state index contributed by atoms with van der Waals surface area (Å²) >= 11 is 0. The quantitative estimate of drug-likeness (QED) is 0.801. The summed E-state index contributed by atoms with van der Waals surface area (Å²) in [5.74, 6) is 0.170. The molecule has 2 rings (SSSR count). The minimum absolute atomic E-state index is 0.0366. The lowest BCUT2D eigenvalue weighted by molar-refractivity contribution is -0.129. The number of ether oxygens (including phenoxy) is 1. The van der Waals surface area contributed by atoms with Crippen molar-refractivity contribution in [1.82, 2.24) is 10.6 Å². The van der Waals surface area contributed by atoms with Crippen LogP contribution in [0.2, 0.25) is 0 Å². The summed E-state index contributed by atoms with van der Waals surface area (Å²) in [7, 11) is 0. The Balaban J connectivity index is 1.84.